The number of aromatic nitrogens is 2. The van der Waals surface area contributed by atoms with Crippen molar-refractivity contribution in [3.8, 4) is 11.8 Å². The number of nitrogens with one attached hydrogen (secondary N) is 2. The molecule has 0 bridgehead atoms. The molecule has 0 aliphatic heterocycles. The molecule has 0 saturated carbocycles. The minimum atomic E-state index is -0.233. The van der Waals surface area contributed by atoms with Crippen LogP contribution in [-0.4, -0.2) is 27.8 Å². The molecule has 0 aliphatic carbocycles. The first-order chi connectivity index (χ1) is 10.1. The molecule has 1 amide bonds. The van der Waals surface area contributed by atoms with E-state index in [0.717, 1.165) is 16.8 Å². The van der Waals surface area contributed by atoms with Crippen molar-refractivity contribution in [1.29, 1.82) is 0 Å². The van der Waals surface area contributed by atoms with Crippen molar-refractivity contribution < 1.29 is 9.90 Å². The summed E-state index contributed by atoms with van der Waals surface area (Å²) in [5.74, 6) is 5.17. The molecule has 0 aliphatic rings. The highest BCUT2D eigenvalue weighted by Crippen LogP contribution is 2.11. The van der Waals surface area contributed by atoms with Crippen LogP contribution in [0.3, 0.4) is 0 Å². The standard InChI is InChI=1S/C16H17N3O2/c1-11-5-6-13(4-3-7-20)15(8-11)16(21)17-9-14-10-18-19-12(14)2/h5-6,8,10,20H,7,9H2,1-2H3,(H,17,21)(H,18,19). The number of rotatable bonds is 3. The maximum atomic E-state index is 12.3. The third kappa shape index (κ3) is 3.71. The number of benzene rings is 1. The monoisotopic (exact) mass is 283 g/mol. The second-order valence-corrected chi connectivity index (χ2v) is 4.71. The Hall–Kier alpha value is -2.58. The van der Waals surface area contributed by atoms with Gasteiger partial charge in [0, 0.05) is 23.4 Å². The first kappa shape index (κ1) is 14.8. The number of carbonyl (C=O) groups is 1. The molecule has 0 unspecified atom stereocenters. The van der Waals surface area contributed by atoms with Crippen molar-refractivity contribution in [2.75, 3.05) is 6.61 Å². The third-order valence-corrected chi connectivity index (χ3v) is 3.10. The van der Waals surface area contributed by atoms with Crippen LogP contribution in [0.1, 0.15) is 32.7 Å². The summed E-state index contributed by atoms with van der Waals surface area (Å²) in [5, 5.41) is 18.4. The summed E-state index contributed by atoms with van der Waals surface area (Å²) in [6.45, 7) is 3.99. The van der Waals surface area contributed by atoms with Crippen LogP contribution in [0.15, 0.2) is 24.4 Å². The topological polar surface area (TPSA) is 78.0 Å². The van der Waals surface area contributed by atoms with Crippen LogP contribution in [0.25, 0.3) is 0 Å². The van der Waals surface area contributed by atoms with E-state index in [0.29, 0.717) is 17.7 Å². The lowest BCUT2D eigenvalue weighted by atomic mass is 10.0. The minimum absolute atomic E-state index is 0.193. The summed E-state index contributed by atoms with van der Waals surface area (Å²) < 4.78 is 0. The number of amides is 1. The van der Waals surface area contributed by atoms with E-state index in [1.165, 1.54) is 0 Å². The molecular formula is C16H17N3O2. The van der Waals surface area contributed by atoms with Crippen molar-refractivity contribution in [2.45, 2.75) is 20.4 Å². The van der Waals surface area contributed by atoms with Gasteiger partial charge in [-0.1, -0.05) is 23.5 Å². The fourth-order valence-electron chi connectivity index (χ4n) is 1.91. The Kier molecular flexibility index (Phi) is 4.75. The fraction of sp³-hybridized carbons (Fsp3) is 0.250. The molecule has 5 heteroatoms. The van der Waals surface area contributed by atoms with Gasteiger partial charge in [-0.3, -0.25) is 9.89 Å². The zero-order chi connectivity index (χ0) is 15.2. The average molecular weight is 283 g/mol. The van der Waals surface area contributed by atoms with E-state index in [1.807, 2.05) is 19.9 Å². The lowest BCUT2D eigenvalue weighted by molar-refractivity contribution is 0.0950. The van der Waals surface area contributed by atoms with E-state index in [-0.39, 0.29) is 12.5 Å². The summed E-state index contributed by atoms with van der Waals surface area (Å²) in [6.07, 6.45) is 1.69. The van der Waals surface area contributed by atoms with Gasteiger partial charge in [0.05, 0.1) is 11.8 Å². The molecule has 2 rings (SSSR count). The molecule has 0 fully saturated rings. The number of hydrogen-bond donors (Lipinski definition) is 3. The van der Waals surface area contributed by atoms with Gasteiger partial charge in [-0.25, -0.2) is 0 Å². The number of aromatic amines is 1. The van der Waals surface area contributed by atoms with Crippen molar-refractivity contribution in [2.24, 2.45) is 0 Å². The van der Waals surface area contributed by atoms with Gasteiger partial charge in [0.15, 0.2) is 0 Å². The first-order valence-corrected chi connectivity index (χ1v) is 6.59. The van der Waals surface area contributed by atoms with Gasteiger partial charge in [-0.2, -0.15) is 5.10 Å². The van der Waals surface area contributed by atoms with Crippen LogP contribution in [0.5, 0.6) is 0 Å². The number of H-pyrrole nitrogens is 1. The maximum absolute atomic E-state index is 12.3. The third-order valence-electron chi connectivity index (χ3n) is 3.10. The summed E-state index contributed by atoms with van der Waals surface area (Å²) in [6, 6.07) is 5.47. The van der Waals surface area contributed by atoms with E-state index in [1.54, 1.807) is 18.3 Å². The number of nitrogens with zero attached hydrogens (tertiary/aromatic N) is 1. The van der Waals surface area contributed by atoms with E-state index >= 15 is 0 Å². The Morgan fingerprint density at radius 3 is 2.90 bits per heavy atom. The normalized spacial score (nSPS) is 9.86. The Morgan fingerprint density at radius 1 is 1.43 bits per heavy atom. The minimum Gasteiger partial charge on any atom is -0.384 e. The molecule has 5 nitrogen and oxygen atoms in total. The zero-order valence-electron chi connectivity index (χ0n) is 12.0. The SMILES string of the molecule is Cc1ccc(C#CCO)c(C(=O)NCc2cn[nH]c2C)c1. The summed E-state index contributed by atoms with van der Waals surface area (Å²) in [4.78, 5) is 12.3. The number of aliphatic hydroxyl groups is 1. The first-order valence-electron chi connectivity index (χ1n) is 6.59. The highest BCUT2D eigenvalue weighted by molar-refractivity contribution is 5.96. The van der Waals surface area contributed by atoms with Crippen molar-refractivity contribution in [1.82, 2.24) is 15.5 Å². The maximum Gasteiger partial charge on any atom is 0.252 e. The lowest BCUT2D eigenvalue weighted by Crippen LogP contribution is -2.24. The van der Waals surface area contributed by atoms with Crippen molar-refractivity contribution >= 4 is 5.91 Å². The second-order valence-electron chi connectivity index (χ2n) is 4.71. The molecule has 0 atom stereocenters. The average Bonchev–Trinajstić information content (AvgIpc) is 2.88. The van der Waals surface area contributed by atoms with Crippen LogP contribution in [0.2, 0.25) is 0 Å². The molecule has 21 heavy (non-hydrogen) atoms. The molecule has 108 valence electrons. The van der Waals surface area contributed by atoms with Crippen LogP contribution < -0.4 is 5.32 Å². The fourth-order valence-corrected chi connectivity index (χ4v) is 1.91. The van der Waals surface area contributed by atoms with Gasteiger partial charge in [0.1, 0.15) is 6.61 Å². The van der Waals surface area contributed by atoms with E-state index < -0.39 is 0 Å². The molecular weight excluding hydrogens is 266 g/mol. The summed E-state index contributed by atoms with van der Waals surface area (Å²) in [5.41, 5.74) is 3.97. The molecule has 1 aromatic heterocycles. The zero-order valence-corrected chi connectivity index (χ0v) is 12.0. The van der Waals surface area contributed by atoms with E-state index in [4.69, 9.17) is 5.11 Å². The number of aliphatic hydroxyl groups excluding tert-OH is 1. The van der Waals surface area contributed by atoms with Crippen molar-refractivity contribution in [3.63, 3.8) is 0 Å². The Labute approximate surface area is 123 Å². The molecule has 0 radical (unpaired) electrons. The smallest absolute Gasteiger partial charge is 0.252 e. The van der Waals surface area contributed by atoms with Gasteiger partial charge in [-0.05, 0) is 26.0 Å². The van der Waals surface area contributed by atoms with Gasteiger partial charge in [0.25, 0.3) is 5.91 Å². The van der Waals surface area contributed by atoms with Crippen LogP contribution in [0, 0.1) is 25.7 Å². The second kappa shape index (κ2) is 6.73. The highest BCUT2D eigenvalue weighted by atomic mass is 16.2. The predicted molar refractivity (Wildman–Crippen MR) is 79.6 cm³/mol. The molecule has 1 aromatic carbocycles. The van der Waals surface area contributed by atoms with E-state index in [9.17, 15) is 4.79 Å². The quantitative estimate of drug-likeness (QED) is 0.743. The molecule has 3 N–H and O–H groups in total. The number of carbonyl (C=O) groups excluding carboxylic acids is 1. The summed E-state index contributed by atoms with van der Waals surface area (Å²) >= 11 is 0. The Morgan fingerprint density at radius 2 is 2.24 bits per heavy atom. The largest absolute Gasteiger partial charge is 0.384 e. The Balaban J connectivity index is 2.18. The van der Waals surface area contributed by atoms with Crippen LogP contribution >= 0.6 is 0 Å². The lowest BCUT2D eigenvalue weighted by Gasteiger charge is -2.07. The Bertz CT molecular complexity index is 708. The van der Waals surface area contributed by atoms with Gasteiger partial charge in [0.2, 0.25) is 0 Å². The van der Waals surface area contributed by atoms with Crippen LogP contribution in [-0.2, 0) is 6.54 Å². The number of aryl methyl sites for hydroxylation is 2. The molecule has 0 spiro atoms. The summed E-state index contributed by atoms with van der Waals surface area (Å²) in [7, 11) is 0. The molecule has 1 heterocycles. The van der Waals surface area contributed by atoms with Crippen molar-refractivity contribution in [3.05, 3.63) is 52.3 Å². The van der Waals surface area contributed by atoms with Crippen LogP contribution in [0.4, 0.5) is 0 Å². The molecule has 2 aromatic rings. The van der Waals surface area contributed by atoms with Gasteiger partial charge >= 0.3 is 0 Å². The number of hydrogen-bond acceptors (Lipinski definition) is 3. The predicted octanol–water partition coefficient (Wildman–Crippen LogP) is 1.30. The molecule has 0 saturated heterocycles. The van der Waals surface area contributed by atoms with Gasteiger partial charge < -0.3 is 10.4 Å². The van der Waals surface area contributed by atoms with E-state index in [2.05, 4.69) is 27.4 Å². The highest BCUT2D eigenvalue weighted by Gasteiger charge is 2.11. The van der Waals surface area contributed by atoms with Gasteiger partial charge in [-0.15, -0.1) is 0 Å².